The van der Waals surface area contributed by atoms with E-state index in [1.165, 1.54) is 5.69 Å². The monoisotopic (exact) mass is 316 g/mol. The molecule has 120 valence electrons. The third-order valence-corrected chi connectivity index (χ3v) is 3.87. The van der Waals surface area contributed by atoms with Crippen molar-refractivity contribution >= 4 is 17.1 Å². The lowest BCUT2D eigenvalue weighted by atomic mass is 10.1. The molecule has 0 saturated heterocycles. The molecule has 0 amide bonds. The van der Waals surface area contributed by atoms with Gasteiger partial charge in [0.1, 0.15) is 0 Å². The Bertz CT molecular complexity index is 793. The zero-order valence-corrected chi connectivity index (χ0v) is 13.9. The standard InChI is InChI=1S/C20H20N4/c1-3-24(2)19-13-11-18(12-14-19)23-22-17-9-7-16(8-10-17)20-6-4-5-15-21-20/h4-15H,3H2,1-2H3. The average Bonchev–Trinajstić information content (AvgIpc) is 2.67. The van der Waals surface area contributed by atoms with Crippen LogP contribution < -0.4 is 4.90 Å². The maximum Gasteiger partial charge on any atom is 0.0858 e. The second-order valence-electron chi connectivity index (χ2n) is 5.49. The largest absolute Gasteiger partial charge is 0.375 e. The third kappa shape index (κ3) is 3.84. The van der Waals surface area contributed by atoms with E-state index in [4.69, 9.17) is 0 Å². The fourth-order valence-electron chi connectivity index (χ4n) is 2.30. The van der Waals surface area contributed by atoms with Crippen LogP contribution in [-0.2, 0) is 0 Å². The van der Waals surface area contributed by atoms with Gasteiger partial charge in [-0.2, -0.15) is 10.2 Å². The van der Waals surface area contributed by atoms with Crippen LogP contribution in [-0.4, -0.2) is 18.6 Å². The Hall–Kier alpha value is -3.01. The molecule has 0 radical (unpaired) electrons. The minimum Gasteiger partial charge on any atom is -0.375 e. The second kappa shape index (κ2) is 7.51. The van der Waals surface area contributed by atoms with Crippen LogP contribution in [0.5, 0.6) is 0 Å². The number of benzene rings is 2. The van der Waals surface area contributed by atoms with Gasteiger partial charge in [0, 0.05) is 31.0 Å². The number of aromatic nitrogens is 1. The van der Waals surface area contributed by atoms with E-state index in [9.17, 15) is 0 Å². The number of rotatable bonds is 5. The SMILES string of the molecule is CCN(C)c1ccc(N=Nc2ccc(-c3ccccn3)cc2)cc1. The molecule has 3 rings (SSSR count). The highest BCUT2D eigenvalue weighted by Gasteiger charge is 1.99. The zero-order valence-electron chi connectivity index (χ0n) is 13.9. The highest BCUT2D eigenvalue weighted by Crippen LogP contribution is 2.24. The number of azo groups is 1. The van der Waals surface area contributed by atoms with Crippen molar-refractivity contribution in [3.05, 3.63) is 72.9 Å². The van der Waals surface area contributed by atoms with Crippen LogP contribution in [0.25, 0.3) is 11.3 Å². The normalized spacial score (nSPS) is 10.9. The van der Waals surface area contributed by atoms with Crippen LogP contribution in [0, 0.1) is 0 Å². The van der Waals surface area contributed by atoms with Gasteiger partial charge in [-0.15, -0.1) is 0 Å². The van der Waals surface area contributed by atoms with Crippen LogP contribution in [0.1, 0.15) is 6.92 Å². The van der Waals surface area contributed by atoms with Crippen molar-refractivity contribution in [1.29, 1.82) is 0 Å². The van der Waals surface area contributed by atoms with Crippen molar-refractivity contribution in [2.24, 2.45) is 10.2 Å². The molecule has 0 saturated carbocycles. The number of pyridine rings is 1. The van der Waals surface area contributed by atoms with Gasteiger partial charge >= 0.3 is 0 Å². The molecule has 0 spiro atoms. The minimum atomic E-state index is 0.824. The smallest absolute Gasteiger partial charge is 0.0858 e. The summed E-state index contributed by atoms with van der Waals surface area (Å²) in [6.07, 6.45) is 1.79. The predicted molar refractivity (Wildman–Crippen MR) is 99.2 cm³/mol. The molecule has 0 N–H and O–H groups in total. The molecule has 0 atom stereocenters. The molecule has 4 heteroatoms. The Labute approximate surface area is 142 Å². The summed E-state index contributed by atoms with van der Waals surface area (Å²) in [5.41, 5.74) is 4.87. The van der Waals surface area contributed by atoms with Gasteiger partial charge in [0.15, 0.2) is 0 Å². The van der Waals surface area contributed by atoms with Gasteiger partial charge in [-0.3, -0.25) is 4.98 Å². The van der Waals surface area contributed by atoms with Gasteiger partial charge in [0.25, 0.3) is 0 Å². The van der Waals surface area contributed by atoms with Crippen LogP contribution in [0.2, 0.25) is 0 Å². The minimum absolute atomic E-state index is 0.824. The van der Waals surface area contributed by atoms with Crippen molar-refractivity contribution < 1.29 is 0 Å². The molecular formula is C20H20N4. The van der Waals surface area contributed by atoms with Gasteiger partial charge < -0.3 is 4.90 Å². The summed E-state index contributed by atoms with van der Waals surface area (Å²) in [6.45, 7) is 3.10. The maximum atomic E-state index is 4.34. The van der Waals surface area contributed by atoms with E-state index in [-0.39, 0.29) is 0 Å². The Morgan fingerprint density at radius 3 is 2.00 bits per heavy atom. The molecule has 0 bridgehead atoms. The predicted octanol–water partition coefficient (Wildman–Crippen LogP) is 5.62. The highest BCUT2D eigenvalue weighted by atomic mass is 15.1. The Morgan fingerprint density at radius 1 is 0.833 bits per heavy atom. The lowest BCUT2D eigenvalue weighted by molar-refractivity contribution is 0.968. The first-order valence-electron chi connectivity index (χ1n) is 8.00. The quantitative estimate of drug-likeness (QED) is 0.573. The third-order valence-electron chi connectivity index (χ3n) is 3.87. The van der Waals surface area contributed by atoms with Crippen molar-refractivity contribution in [3.8, 4) is 11.3 Å². The maximum absolute atomic E-state index is 4.34. The van der Waals surface area contributed by atoms with E-state index in [1.54, 1.807) is 6.20 Å². The van der Waals surface area contributed by atoms with Gasteiger partial charge in [-0.25, -0.2) is 0 Å². The van der Waals surface area contributed by atoms with Crippen molar-refractivity contribution in [2.45, 2.75) is 6.92 Å². The van der Waals surface area contributed by atoms with Crippen LogP contribution in [0.4, 0.5) is 17.1 Å². The molecule has 1 heterocycles. The van der Waals surface area contributed by atoms with E-state index in [0.717, 1.165) is 29.2 Å². The molecule has 0 aliphatic carbocycles. The summed E-state index contributed by atoms with van der Waals surface area (Å²) >= 11 is 0. The fraction of sp³-hybridized carbons (Fsp3) is 0.150. The van der Waals surface area contributed by atoms with E-state index in [2.05, 4.69) is 46.2 Å². The van der Waals surface area contributed by atoms with Crippen molar-refractivity contribution in [3.63, 3.8) is 0 Å². The molecule has 0 aliphatic rings. The summed E-state index contributed by atoms with van der Waals surface area (Å²) < 4.78 is 0. The van der Waals surface area contributed by atoms with E-state index >= 15 is 0 Å². The first-order chi connectivity index (χ1) is 11.8. The molecular weight excluding hydrogens is 296 g/mol. The Kier molecular flexibility index (Phi) is 4.96. The van der Waals surface area contributed by atoms with Crippen LogP contribution in [0.3, 0.4) is 0 Å². The Balaban J connectivity index is 1.70. The van der Waals surface area contributed by atoms with Gasteiger partial charge in [0.05, 0.1) is 17.1 Å². The summed E-state index contributed by atoms with van der Waals surface area (Å²) in [6, 6.07) is 21.9. The fourth-order valence-corrected chi connectivity index (χ4v) is 2.30. The number of hydrogen-bond acceptors (Lipinski definition) is 4. The Morgan fingerprint density at radius 2 is 1.46 bits per heavy atom. The van der Waals surface area contributed by atoms with E-state index < -0.39 is 0 Å². The molecule has 0 fully saturated rings. The number of hydrogen-bond donors (Lipinski definition) is 0. The zero-order chi connectivity index (χ0) is 16.8. The number of anilines is 1. The first-order valence-corrected chi connectivity index (χ1v) is 8.00. The summed E-state index contributed by atoms with van der Waals surface area (Å²) in [7, 11) is 2.07. The first kappa shape index (κ1) is 15.9. The van der Waals surface area contributed by atoms with E-state index in [0.29, 0.717) is 0 Å². The summed E-state index contributed by atoms with van der Waals surface area (Å²) in [4.78, 5) is 6.52. The van der Waals surface area contributed by atoms with E-state index in [1.807, 2.05) is 54.6 Å². The molecule has 0 unspecified atom stereocenters. The molecule has 4 nitrogen and oxygen atoms in total. The van der Waals surface area contributed by atoms with Crippen molar-refractivity contribution in [2.75, 3.05) is 18.5 Å². The molecule has 3 aromatic rings. The molecule has 2 aromatic carbocycles. The van der Waals surface area contributed by atoms with Gasteiger partial charge in [-0.05, 0) is 55.5 Å². The lowest BCUT2D eigenvalue weighted by Gasteiger charge is -2.16. The number of nitrogens with zero attached hydrogens (tertiary/aromatic N) is 4. The van der Waals surface area contributed by atoms with Gasteiger partial charge in [0.2, 0.25) is 0 Å². The van der Waals surface area contributed by atoms with Crippen LogP contribution >= 0.6 is 0 Å². The summed E-state index contributed by atoms with van der Waals surface area (Å²) in [5, 5.41) is 8.59. The topological polar surface area (TPSA) is 40.9 Å². The molecule has 1 aromatic heterocycles. The average molecular weight is 316 g/mol. The highest BCUT2D eigenvalue weighted by molar-refractivity contribution is 5.61. The molecule has 24 heavy (non-hydrogen) atoms. The summed E-state index contributed by atoms with van der Waals surface area (Å²) in [5.74, 6) is 0. The van der Waals surface area contributed by atoms with Crippen LogP contribution in [0.15, 0.2) is 83.2 Å². The lowest BCUT2D eigenvalue weighted by Crippen LogP contribution is -2.15. The molecule has 0 aliphatic heterocycles. The van der Waals surface area contributed by atoms with Gasteiger partial charge in [-0.1, -0.05) is 18.2 Å². The van der Waals surface area contributed by atoms with Crippen molar-refractivity contribution in [1.82, 2.24) is 4.98 Å². The second-order valence-corrected chi connectivity index (χ2v) is 5.49.